The minimum absolute atomic E-state index is 0.0808. The number of hydrogen-bond acceptors (Lipinski definition) is 5. The number of carbonyl (C=O) groups is 1. The number of aryl methyl sites for hydroxylation is 1. The van der Waals surface area contributed by atoms with Gasteiger partial charge in [-0.05, 0) is 6.07 Å². The number of amides is 1. The molecule has 1 amide bonds. The SMILES string of the molecule is C=[N+](C)[C@@H]1CCN(c2cnc(C(=O)Nc3cc4cn(C)nc4cc3F)cn2)C1. The lowest BCUT2D eigenvalue weighted by molar-refractivity contribution is -0.524. The molecule has 1 aliphatic heterocycles. The van der Waals surface area contributed by atoms with E-state index in [1.165, 1.54) is 12.3 Å². The van der Waals surface area contributed by atoms with Gasteiger partial charge in [0.2, 0.25) is 0 Å². The van der Waals surface area contributed by atoms with Gasteiger partial charge in [-0.1, -0.05) is 0 Å². The fraction of sp³-hybridized carbons (Fsp3) is 0.316. The second-order valence-corrected chi connectivity index (χ2v) is 7.05. The number of rotatable bonds is 4. The van der Waals surface area contributed by atoms with Crippen molar-refractivity contribution in [3.05, 3.63) is 42.2 Å². The summed E-state index contributed by atoms with van der Waals surface area (Å²) < 4.78 is 17.8. The highest BCUT2D eigenvalue weighted by Gasteiger charge is 2.28. The molecule has 144 valence electrons. The summed E-state index contributed by atoms with van der Waals surface area (Å²) in [4.78, 5) is 23.1. The van der Waals surface area contributed by atoms with E-state index in [-0.39, 0.29) is 11.4 Å². The summed E-state index contributed by atoms with van der Waals surface area (Å²) in [6.07, 6.45) is 5.74. The fourth-order valence-corrected chi connectivity index (χ4v) is 3.36. The lowest BCUT2D eigenvalue weighted by atomic mass is 10.2. The zero-order chi connectivity index (χ0) is 19.8. The average molecular weight is 382 g/mol. The second-order valence-electron chi connectivity index (χ2n) is 7.05. The number of anilines is 2. The van der Waals surface area contributed by atoms with Gasteiger partial charge in [0.15, 0.2) is 6.04 Å². The van der Waals surface area contributed by atoms with E-state index in [0.717, 1.165) is 24.9 Å². The van der Waals surface area contributed by atoms with Crippen LogP contribution in [0.2, 0.25) is 0 Å². The van der Waals surface area contributed by atoms with Gasteiger partial charge in [0, 0.05) is 37.7 Å². The van der Waals surface area contributed by atoms with Crippen LogP contribution >= 0.6 is 0 Å². The monoisotopic (exact) mass is 382 g/mol. The van der Waals surface area contributed by atoms with Gasteiger partial charge in [0.25, 0.3) is 5.91 Å². The summed E-state index contributed by atoms with van der Waals surface area (Å²) >= 11 is 0. The third-order valence-electron chi connectivity index (χ3n) is 4.94. The molecule has 28 heavy (non-hydrogen) atoms. The zero-order valence-corrected chi connectivity index (χ0v) is 15.8. The van der Waals surface area contributed by atoms with Crippen LogP contribution in [0.15, 0.2) is 30.7 Å². The van der Waals surface area contributed by atoms with Crippen molar-refractivity contribution >= 4 is 35.0 Å². The molecule has 0 radical (unpaired) electrons. The quantitative estimate of drug-likeness (QED) is 0.549. The molecule has 9 heteroatoms. The zero-order valence-electron chi connectivity index (χ0n) is 15.8. The molecule has 1 N–H and O–H groups in total. The Bertz CT molecular complexity index is 1060. The maximum Gasteiger partial charge on any atom is 0.275 e. The number of aromatic nitrogens is 4. The van der Waals surface area contributed by atoms with E-state index >= 15 is 0 Å². The first kappa shape index (κ1) is 18.0. The van der Waals surface area contributed by atoms with Crippen molar-refractivity contribution in [1.82, 2.24) is 19.7 Å². The lowest BCUT2D eigenvalue weighted by Crippen LogP contribution is -2.28. The van der Waals surface area contributed by atoms with E-state index in [2.05, 4.69) is 32.0 Å². The highest BCUT2D eigenvalue weighted by atomic mass is 19.1. The van der Waals surface area contributed by atoms with Gasteiger partial charge < -0.3 is 10.2 Å². The Balaban J connectivity index is 1.48. The molecule has 1 aromatic carbocycles. The van der Waals surface area contributed by atoms with Crippen LogP contribution < -0.4 is 10.2 Å². The number of hydrogen-bond donors (Lipinski definition) is 1. The molecule has 1 saturated heterocycles. The molecule has 3 aromatic rings. The predicted octanol–water partition coefficient (Wildman–Crippen LogP) is 1.68. The minimum Gasteiger partial charge on any atom is -0.348 e. The molecule has 1 atom stereocenters. The van der Waals surface area contributed by atoms with Gasteiger partial charge in [-0.25, -0.2) is 18.9 Å². The summed E-state index contributed by atoms with van der Waals surface area (Å²) in [6, 6.07) is 3.22. The standard InChI is InChI=1S/C19H20FN7O/c1-25(2)13-4-5-27(11-13)18-9-21-17(8-22-18)19(28)23-16-6-12-10-26(3)24-15(12)7-14(16)20/h6-10,13H,1,4-5,11H2,2-3H3/p+1/t13-/m1/s1. The summed E-state index contributed by atoms with van der Waals surface area (Å²) in [7, 11) is 3.71. The Labute approximate surface area is 161 Å². The Morgan fingerprint density at radius 1 is 1.36 bits per heavy atom. The number of nitrogens with zero attached hydrogens (tertiary/aromatic N) is 6. The summed E-state index contributed by atoms with van der Waals surface area (Å²) in [5.41, 5.74) is 0.732. The number of nitrogens with one attached hydrogen (secondary N) is 1. The first-order chi connectivity index (χ1) is 13.4. The van der Waals surface area contributed by atoms with Crippen molar-refractivity contribution in [3.63, 3.8) is 0 Å². The second kappa shape index (κ2) is 6.99. The third-order valence-corrected chi connectivity index (χ3v) is 4.94. The van der Waals surface area contributed by atoms with Crippen LogP contribution in [0.5, 0.6) is 0 Å². The third kappa shape index (κ3) is 3.42. The van der Waals surface area contributed by atoms with Crippen LogP contribution in [-0.4, -0.2) is 63.1 Å². The Morgan fingerprint density at radius 3 is 2.86 bits per heavy atom. The van der Waals surface area contributed by atoms with Crippen molar-refractivity contribution < 1.29 is 13.8 Å². The highest BCUT2D eigenvalue weighted by molar-refractivity contribution is 6.03. The highest BCUT2D eigenvalue weighted by Crippen LogP contribution is 2.23. The molecule has 0 spiro atoms. The van der Waals surface area contributed by atoms with Gasteiger partial charge >= 0.3 is 0 Å². The molecule has 0 bridgehead atoms. The molecule has 1 aliphatic rings. The molecular formula is C19H21FN7O+. The molecule has 1 fully saturated rings. The van der Waals surface area contributed by atoms with E-state index in [9.17, 15) is 9.18 Å². The van der Waals surface area contributed by atoms with Crippen LogP contribution in [0.25, 0.3) is 10.9 Å². The van der Waals surface area contributed by atoms with Gasteiger partial charge in [-0.3, -0.25) is 9.48 Å². The van der Waals surface area contributed by atoms with E-state index < -0.39 is 11.7 Å². The maximum atomic E-state index is 14.3. The minimum atomic E-state index is -0.551. The van der Waals surface area contributed by atoms with Crippen LogP contribution in [0, 0.1) is 5.82 Å². The number of carbonyl (C=O) groups excluding carboxylic acids is 1. The summed E-state index contributed by atoms with van der Waals surface area (Å²) in [5, 5.41) is 7.44. The number of fused-ring (bicyclic) bond motifs is 1. The van der Waals surface area contributed by atoms with Gasteiger partial charge in [-0.15, -0.1) is 0 Å². The number of halogens is 1. The Kier molecular flexibility index (Phi) is 4.50. The Morgan fingerprint density at radius 2 is 2.18 bits per heavy atom. The number of benzene rings is 1. The summed E-state index contributed by atoms with van der Waals surface area (Å²) in [6.45, 7) is 5.61. The van der Waals surface area contributed by atoms with E-state index in [4.69, 9.17) is 0 Å². The van der Waals surface area contributed by atoms with Crippen molar-refractivity contribution in [2.75, 3.05) is 30.4 Å². The molecule has 3 heterocycles. The predicted molar refractivity (Wildman–Crippen MR) is 105 cm³/mol. The first-order valence-corrected chi connectivity index (χ1v) is 8.95. The molecular weight excluding hydrogens is 361 g/mol. The molecule has 0 saturated carbocycles. The van der Waals surface area contributed by atoms with Gasteiger partial charge in [-0.2, -0.15) is 5.10 Å². The fourth-order valence-electron chi connectivity index (χ4n) is 3.36. The van der Waals surface area contributed by atoms with Crippen LogP contribution in [-0.2, 0) is 7.05 Å². The molecule has 0 aliphatic carbocycles. The van der Waals surface area contributed by atoms with Crippen LogP contribution in [0.1, 0.15) is 16.9 Å². The van der Waals surface area contributed by atoms with Crippen LogP contribution in [0.3, 0.4) is 0 Å². The van der Waals surface area contributed by atoms with Crippen molar-refractivity contribution in [3.8, 4) is 0 Å². The van der Waals surface area contributed by atoms with Crippen molar-refractivity contribution in [2.45, 2.75) is 12.5 Å². The van der Waals surface area contributed by atoms with Gasteiger partial charge in [0.05, 0.1) is 30.1 Å². The van der Waals surface area contributed by atoms with E-state index in [1.807, 2.05) is 11.6 Å². The normalized spacial score (nSPS) is 16.5. The summed E-state index contributed by atoms with van der Waals surface area (Å²) in [5.74, 6) is -0.355. The topological polar surface area (TPSA) is 79.0 Å². The van der Waals surface area contributed by atoms with Crippen LogP contribution in [0.4, 0.5) is 15.9 Å². The van der Waals surface area contributed by atoms with Crippen molar-refractivity contribution in [1.29, 1.82) is 0 Å². The number of likely N-dealkylation sites (N-methyl/N-ethyl adjacent to an activating group) is 1. The Hall–Kier alpha value is -3.36. The van der Waals surface area contributed by atoms with Gasteiger partial charge in [0.1, 0.15) is 31.1 Å². The average Bonchev–Trinajstić information content (AvgIpc) is 3.28. The van der Waals surface area contributed by atoms with E-state index in [1.54, 1.807) is 30.2 Å². The molecule has 8 nitrogen and oxygen atoms in total. The van der Waals surface area contributed by atoms with E-state index in [0.29, 0.717) is 17.4 Å². The van der Waals surface area contributed by atoms with Crippen molar-refractivity contribution in [2.24, 2.45) is 7.05 Å². The smallest absolute Gasteiger partial charge is 0.275 e. The molecule has 2 aromatic heterocycles. The lowest BCUT2D eigenvalue weighted by Gasteiger charge is -2.15. The molecule has 4 rings (SSSR count). The maximum absolute atomic E-state index is 14.3. The first-order valence-electron chi connectivity index (χ1n) is 8.95. The molecule has 0 unspecified atom stereocenters. The largest absolute Gasteiger partial charge is 0.348 e.